The van der Waals surface area contributed by atoms with Gasteiger partial charge in [-0.15, -0.1) is 0 Å². The fourth-order valence-electron chi connectivity index (χ4n) is 2.92. The molecule has 2 rings (SSSR count). The van der Waals surface area contributed by atoms with Gasteiger partial charge in [0.05, 0.1) is 4.90 Å². The van der Waals surface area contributed by atoms with Crippen LogP contribution in [-0.2, 0) is 9.84 Å². The maximum Gasteiger partial charge on any atom is 0.175 e. The van der Waals surface area contributed by atoms with Gasteiger partial charge >= 0.3 is 0 Å². The summed E-state index contributed by atoms with van der Waals surface area (Å²) in [5.41, 5.74) is 1.16. The molecule has 124 valence electrons. The van der Waals surface area contributed by atoms with Crippen LogP contribution >= 0.6 is 0 Å². The van der Waals surface area contributed by atoms with Gasteiger partial charge in [-0.1, -0.05) is 18.6 Å². The molecule has 4 nitrogen and oxygen atoms in total. The molecule has 22 heavy (non-hydrogen) atoms. The first-order chi connectivity index (χ1) is 10.4. The Bertz CT molecular complexity index is 563. The van der Waals surface area contributed by atoms with Gasteiger partial charge in [-0.2, -0.15) is 0 Å². The van der Waals surface area contributed by atoms with E-state index in [1.165, 1.54) is 38.6 Å². The van der Waals surface area contributed by atoms with Crippen LogP contribution in [0.25, 0.3) is 0 Å². The normalized spacial score (nSPS) is 18.5. The molecule has 1 heterocycles. The van der Waals surface area contributed by atoms with Gasteiger partial charge < -0.3 is 4.90 Å². The van der Waals surface area contributed by atoms with E-state index in [1.54, 1.807) is 12.1 Å². The summed E-state index contributed by atoms with van der Waals surface area (Å²) in [5, 5.41) is 0. The van der Waals surface area contributed by atoms with Gasteiger partial charge in [0.15, 0.2) is 9.84 Å². The van der Waals surface area contributed by atoms with Crippen molar-refractivity contribution in [3.63, 3.8) is 0 Å². The molecule has 1 fully saturated rings. The molecule has 1 saturated heterocycles. The summed E-state index contributed by atoms with van der Waals surface area (Å²) in [7, 11) is -0.973. The molecule has 0 spiro atoms. The lowest BCUT2D eigenvalue weighted by Crippen LogP contribution is -2.37. The first-order valence-corrected chi connectivity index (χ1v) is 9.99. The highest BCUT2D eigenvalue weighted by molar-refractivity contribution is 7.90. The van der Waals surface area contributed by atoms with Crippen LogP contribution in [-0.4, -0.2) is 57.7 Å². The van der Waals surface area contributed by atoms with Crippen LogP contribution in [0, 0.1) is 0 Å². The monoisotopic (exact) mass is 324 g/mol. The number of hydrogen-bond acceptors (Lipinski definition) is 4. The molecule has 0 aromatic heterocycles. The molecule has 0 amide bonds. The van der Waals surface area contributed by atoms with E-state index in [-0.39, 0.29) is 0 Å². The van der Waals surface area contributed by atoms with Crippen molar-refractivity contribution in [2.45, 2.75) is 37.1 Å². The van der Waals surface area contributed by atoms with Crippen LogP contribution < -0.4 is 0 Å². The molecule has 1 aromatic carbocycles. The average Bonchev–Trinajstić information content (AvgIpc) is 2.52. The molecule has 5 heteroatoms. The molecule has 1 aliphatic rings. The largest absolute Gasteiger partial charge is 0.302 e. The van der Waals surface area contributed by atoms with E-state index in [4.69, 9.17) is 0 Å². The van der Waals surface area contributed by atoms with Gasteiger partial charge in [0, 0.05) is 25.4 Å². The number of piperidine rings is 1. The van der Waals surface area contributed by atoms with Crippen molar-refractivity contribution in [3.05, 3.63) is 29.8 Å². The zero-order valence-corrected chi connectivity index (χ0v) is 14.8. The Labute approximate surface area is 135 Å². The molecular weight excluding hydrogens is 296 g/mol. The summed E-state index contributed by atoms with van der Waals surface area (Å²) in [6, 6.07) is 7.56. The summed E-state index contributed by atoms with van der Waals surface area (Å²) in [5.74, 6) is 0. The third-order valence-corrected chi connectivity index (χ3v) is 5.80. The molecule has 0 saturated carbocycles. The van der Waals surface area contributed by atoms with Crippen LogP contribution in [0.5, 0.6) is 0 Å². The number of rotatable bonds is 6. The Morgan fingerprint density at radius 3 is 2.27 bits per heavy atom. The minimum Gasteiger partial charge on any atom is -0.302 e. The highest BCUT2D eigenvalue weighted by Gasteiger charge is 2.15. The smallest absolute Gasteiger partial charge is 0.175 e. The van der Waals surface area contributed by atoms with Crippen molar-refractivity contribution in [1.82, 2.24) is 9.80 Å². The minimum atomic E-state index is -3.11. The van der Waals surface area contributed by atoms with E-state index >= 15 is 0 Å². The maximum atomic E-state index is 11.5. The number of nitrogens with zero attached hydrogens (tertiary/aromatic N) is 2. The number of benzene rings is 1. The zero-order valence-electron chi connectivity index (χ0n) is 14.0. The highest BCUT2D eigenvalue weighted by atomic mass is 32.2. The van der Waals surface area contributed by atoms with E-state index in [0.29, 0.717) is 10.9 Å². The maximum absolute atomic E-state index is 11.5. The number of hydrogen-bond donors (Lipinski definition) is 0. The lowest BCUT2D eigenvalue weighted by molar-refractivity contribution is 0.176. The van der Waals surface area contributed by atoms with E-state index < -0.39 is 9.84 Å². The van der Waals surface area contributed by atoms with Crippen LogP contribution in [0.3, 0.4) is 0 Å². The Kier molecular flexibility index (Phi) is 6.01. The lowest BCUT2D eigenvalue weighted by atomic mass is 10.1. The summed E-state index contributed by atoms with van der Waals surface area (Å²) in [6.45, 7) is 6.78. The summed E-state index contributed by atoms with van der Waals surface area (Å²) in [6.07, 6.45) is 5.27. The Balaban J connectivity index is 1.90. The second-order valence-corrected chi connectivity index (χ2v) is 8.42. The Morgan fingerprint density at radius 2 is 1.73 bits per heavy atom. The first-order valence-electron chi connectivity index (χ1n) is 8.10. The van der Waals surface area contributed by atoms with Crippen molar-refractivity contribution < 1.29 is 8.42 Å². The second kappa shape index (κ2) is 7.57. The van der Waals surface area contributed by atoms with Crippen molar-refractivity contribution in [2.24, 2.45) is 0 Å². The summed E-state index contributed by atoms with van der Waals surface area (Å²) < 4.78 is 23.0. The van der Waals surface area contributed by atoms with Gasteiger partial charge in [0.25, 0.3) is 0 Å². The van der Waals surface area contributed by atoms with E-state index in [2.05, 4.69) is 23.8 Å². The van der Waals surface area contributed by atoms with Gasteiger partial charge in [-0.3, -0.25) is 4.90 Å². The molecule has 0 unspecified atom stereocenters. The van der Waals surface area contributed by atoms with E-state index in [1.807, 2.05) is 12.1 Å². The van der Waals surface area contributed by atoms with E-state index in [0.717, 1.165) is 18.7 Å². The molecule has 0 aliphatic carbocycles. The quantitative estimate of drug-likeness (QED) is 0.806. The lowest BCUT2D eigenvalue weighted by Gasteiger charge is -2.31. The summed E-state index contributed by atoms with van der Waals surface area (Å²) in [4.78, 5) is 5.27. The molecule has 1 atom stereocenters. The predicted octanol–water partition coefficient (Wildman–Crippen LogP) is 2.57. The van der Waals surface area contributed by atoms with Crippen LogP contribution in [0.15, 0.2) is 29.2 Å². The van der Waals surface area contributed by atoms with Gasteiger partial charge in [0.1, 0.15) is 0 Å². The Morgan fingerprint density at radius 1 is 1.14 bits per heavy atom. The zero-order chi connectivity index (χ0) is 16.2. The van der Waals surface area contributed by atoms with E-state index in [9.17, 15) is 8.42 Å². The third kappa shape index (κ3) is 4.80. The summed E-state index contributed by atoms with van der Waals surface area (Å²) >= 11 is 0. The van der Waals surface area contributed by atoms with Crippen LogP contribution in [0.2, 0.25) is 0 Å². The molecule has 0 radical (unpaired) electrons. The van der Waals surface area contributed by atoms with Gasteiger partial charge in [0.2, 0.25) is 0 Å². The average molecular weight is 324 g/mol. The van der Waals surface area contributed by atoms with Crippen molar-refractivity contribution in [2.75, 3.05) is 39.5 Å². The fourth-order valence-corrected chi connectivity index (χ4v) is 3.55. The molecule has 1 aliphatic heterocycles. The van der Waals surface area contributed by atoms with Gasteiger partial charge in [-0.25, -0.2) is 8.42 Å². The number of sulfone groups is 1. The van der Waals surface area contributed by atoms with Crippen molar-refractivity contribution in [3.8, 4) is 0 Å². The highest BCUT2D eigenvalue weighted by Crippen LogP contribution is 2.21. The Hall–Kier alpha value is -0.910. The van der Waals surface area contributed by atoms with Crippen molar-refractivity contribution >= 4 is 9.84 Å². The van der Waals surface area contributed by atoms with Crippen LogP contribution in [0.4, 0.5) is 0 Å². The number of likely N-dealkylation sites (N-methyl/N-ethyl adjacent to an activating group) is 1. The third-order valence-electron chi connectivity index (χ3n) is 4.67. The predicted molar refractivity (Wildman–Crippen MR) is 90.9 cm³/mol. The topological polar surface area (TPSA) is 40.6 Å². The molecular formula is C17H28N2O2S. The number of likely N-dealkylation sites (tertiary alicyclic amines) is 1. The van der Waals surface area contributed by atoms with Gasteiger partial charge in [-0.05, 0) is 57.6 Å². The first kappa shape index (κ1) is 17.4. The second-order valence-electron chi connectivity index (χ2n) is 6.40. The van der Waals surface area contributed by atoms with Crippen LogP contribution in [0.1, 0.15) is 37.8 Å². The van der Waals surface area contributed by atoms with Crippen molar-refractivity contribution in [1.29, 1.82) is 0 Å². The fraction of sp³-hybridized carbons (Fsp3) is 0.647. The molecule has 0 bridgehead atoms. The standard InChI is InChI=1S/C17H28N2O2S/c1-15(16-7-9-17(10-8-16)22(3,20)21)18(2)13-14-19-11-5-4-6-12-19/h7-10,15H,4-6,11-14H2,1-3H3/t15-/m1/s1. The molecule has 0 N–H and O–H groups in total. The SMILES string of the molecule is C[C@H](c1ccc(S(C)(=O)=O)cc1)N(C)CCN1CCCCC1. The minimum absolute atomic E-state index is 0.290. The molecule has 1 aromatic rings.